The summed E-state index contributed by atoms with van der Waals surface area (Å²) in [6.07, 6.45) is 1.84. The Morgan fingerprint density at radius 2 is 2.31 bits per heavy atom. The van der Waals surface area contributed by atoms with Gasteiger partial charge in [-0.15, -0.1) is 11.3 Å². The summed E-state index contributed by atoms with van der Waals surface area (Å²) in [7, 11) is 3.50. The lowest BCUT2D eigenvalue weighted by molar-refractivity contribution is 0.0779. The van der Waals surface area contributed by atoms with Crippen LogP contribution in [-0.2, 0) is 4.74 Å². The molecule has 0 unspecified atom stereocenters. The zero-order chi connectivity index (χ0) is 8.93. The van der Waals surface area contributed by atoms with E-state index in [1.54, 1.807) is 33.1 Å². The van der Waals surface area contributed by atoms with E-state index in [0.717, 1.165) is 30.6 Å². The third-order valence-corrected chi connectivity index (χ3v) is 5.24. The van der Waals surface area contributed by atoms with E-state index < -0.39 is 0 Å². The van der Waals surface area contributed by atoms with E-state index in [0.29, 0.717) is 0 Å². The smallest absolute Gasteiger partial charge is 0.161 e. The highest BCUT2D eigenvalue weighted by Gasteiger charge is 2.11. The van der Waals surface area contributed by atoms with Crippen molar-refractivity contribution < 1.29 is 4.74 Å². The van der Waals surface area contributed by atoms with E-state index in [1.165, 1.54) is 0 Å². The van der Waals surface area contributed by atoms with Gasteiger partial charge in [-0.05, 0) is 21.8 Å². The van der Waals surface area contributed by atoms with Crippen molar-refractivity contribution in [2.75, 3.05) is 26.3 Å². The van der Waals surface area contributed by atoms with E-state index in [9.17, 15) is 0 Å². The lowest BCUT2D eigenvalue weighted by atomic mass is 10.5. The molecule has 0 atom stereocenters. The molecule has 1 aromatic heterocycles. The van der Waals surface area contributed by atoms with Crippen LogP contribution in [0.25, 0.3) is 0 Å². The van der Waals surface area contributed by atoms with E-state index in [1.807, 2.05) is 11.6 Å². The van der Waals surface area contributed by atoms with Gasteiger partial charge in [-0.2, -0.15) is 0 Å². The molecule has 13 heavy (non-hydrogen) atoms. The van der Waals surface area contributed by atoms with Crippen molar-refractivity contribution in [3.05, 3.63) is 11.6 Å². The van der Waals surface area contributed by atoms with Gasteiger partial charge in [0.25, 0.3) is 0 Å². The molecule has 1 aliphatic heterocycles. The molecule has 6 heteroatoms. The maximum absolute atomic E-state index is 5.26. The normalized spacial score (nSPS) is 19.1. The largest absolute Gasteiger partial charge is 0.379 e. The highest BCUT2D eigenvalue weighted by molar-refractivity contribution is 8.76. The van der Waals surface area contributed by atoms with Crippen LogP contribution in [0.2, 0.25) is 0 Å². The number of morpholine rings is 1. The first-order valence-electron chi connectivity index (χ1n) is 4.02. The molecule has 1 aromatic rings. The molecule has 0 radical (unpaired) electrons. The van der Waals surface area contributed by atoms with Crippen LogP contribution in [0.15, 0.2) is 15.9 Å². The van der Waals surface area contributed by atoms with Crippen molar-refractivity contribution in [3.63, 3.8) is 0 Å². The predicted octanol–water partition coefficient (Wildman–Crippen LogP) is 2.13. The number of hydrogen-bond acceptors (Lipinski definition) is 6. The van der Waals surface area contributed by atoms with Gasteiger partial charge in [0, 0.05) is 24.7 Å². The molecule has 2 rings (SSSR count). The minimum Gasteiger partial charge on any atom is -0.379 e. The summed E-state index contributed by atoms with van der Waals surface area (Å²) in [5.41, 5.74) is 0. The van der Waals surface area contributed by atoms with E-state index in [-0.39, 0.29) is 0 Å². The second kappa shape index (κ2) is 5.21. The molecule has 0 saturated carbocycles. The lowest BCUT2D eigenvalue weighted by Crippen LogP contribution is -2.30. The van der Waals surface area contributed by atoms with Crippen molar-refractivity contribution in [2.24, 2.45) is 0 Å². The average Bonchev–Trinajstić information content (AvgIpc) is 2.69. The van der Waals surface area contributed by atoms with Crippen LogP contribution in [0.3, 0.4) is 0 Å². The minimum absolute atomic E-state index is 0.853. The molecule has 0 spiro atoms. The van der Waals surface area contributed by atoms with Crippen LogP contribution < -0.4 is 0 Å². The second-order valence-corrected chi connectivity index (χ2v) is 5.82. The number of hydrogen-bond donors (Lipinski definition) is 0. The fourth-order valence-corrected chi connectivity index (χ4v) is 3.92. The summed E-state index contributed by atoms with van der Waals surface area (Å²) < 4.78 is 8.70. The summed E-state index contributed by atoms with van der Waals surface area (Å²) in [5, 5.41) is 2.00. The molecule has 1 aliphatic rings. The van der Waals surface area contributed by atoms with Gasteiger partial charge in [-0.25, -0.2) is 9.29 Å². The van der Waals surface area contributed by atoms with Crippen molar-refractivity contribution >= 4 is 33.1 Å². The molecule has 0 amide bonds. The third kappa shape index (κ3) is 3.14. The van der Waals surface area contributed by atoms with Crippen molar-refractivity contribution in [1.29, 1.82) is 0 Å². The fraction of sp³-hybridized carbons (Fsp3) is 0.571. The van der Waals surface area contributed by atoms with Gasteiger partial charge in [0.2, 0.25) is 0 Å². The SMILES string of the molecule is c1csc(SSN2CCOCC2)n1. The summed E-state index contributed by atoms with van der Waals surface area (Å²) in [4.78, 5) is 4.20. The zero-order valence-corrected chi connectivity index (χ0v) is 9.46. The van der Waals surface area contributed by atoms with Gasteiger partial charge in [-0.3, -0.25) is 0 Å². The maximum atomic E-state index is 5.26. The van der Waals surface area contributed by atoms with E-state index in [4.69, 9.17) is 4.74 Å². The second-order valence-electron chi connectivity index (χ2n) is 2.50. The minimum atomic E-state index is 0.853. The molecule has 1 fully saturated rings. The first-order valence-corrected chi connectivity index (χ1v) is 7.00. The number of ether oxygens (including phenoxy) is 1. The Kier molecular flexibility index (Phi) is 3.92. The molecule has 0 bridgehead atoms. The quantitative estimate of drug-likeness (QED) is 0.589. The summed E-state index contributed by atoms with van der Waals surface area (Å²) in [5.74, 6) is 0. The molecule has 72 valence electrons. The Hall–Kier alpha value is 0.250. The zero-order valence-electron chi connectivity index (χ0n) is 7.01. The maximum Gasteiger partial charge on any atom is 0.161 e. The highest BCUT2D eigenvalue weighted by atomic mass is 33.1. The average molecular weight is 234 g/mol. The molecule has 1 saturated heterocycles. The van der Waals surface area contributed by atoms with Crippen molar-refractivity contribution in [2.45, 2.75) is 4.34 Å². The Bertz CT molecular complexity index is 236. The van der Waals surface area contributed by atoms with Gasteiger partial charge in [0.15, 0.2) is 4.34 Å². The summed E-state index contributed by atoms with van der Waals surface area (Å²) >= 11 is 1.68. The molecular formula is C7H10N2OS3. The Morgan fingerprint density at radius 3 is 3.00 bits per heavy atom. The van der Waals surface area contributed by atoms with Gasteiger partial charge in [0.1, 0.15) is 0 Å². The van der Waals surface area contributed by atoms with E-state index >= 15 is 0 Å². The van der Waals surface area contributed by atoms with Crippen LogP contribution in [0, 0.1) is 0 Å². The summed E-state index contributed by atoms with van der Waals surface area (Å²) in [6, 6.07) is 0. The molecule has 0 N–H and O–H groups in total. The third-order valence-electron chi connectivity index (χ3n) is 1.59. The van der Waals surface area contributed by atoms with Crippen molar-refractivity contribution in [3.8, 4) is 0 Å². The molecule has 0 aromatic carbocycles. The number of rotatable bonds is 3. The van der Waals surface area contributed by atoms with Crippen LogP contribution >= 0.6 is 33.1 Å². The van der Waals surface area contributed by atoms with Gasteiger partial charge in [-0.1, -0.05) is 0 Å². The molecular weight excluding hydrogens is 224 g/mol. The predicted molar refractivity (Wildman–Crippen MR) is 58.0 cm³/mol. The topological polar surface area (TPSA) is 25.4 Å². The fourth-order valence-electron chi connectivity index (χ4n) is 0.957. The number of aromatic nitrogens is 1. The van der Waals surface area contributed by atoms with Crippen LogP contribution in [0.1, 0.15) is 0 Å². The Balaban J connectivity index is 1.72. The Morgan fingerprint density at radius 1 is 1.46 bits per heavy atom. The monoisotopic (exact) mass is 234 g/mol. The highest BCUT2D eigenvalue weighted by Crippen LogP contribution is 2.34. The van der Waals surface area contributed by atoms with Gasteiger partial charge >= 0.3 is 0 Å². The number of nitrogens with zero attached hydrogens (tertiary/aromatic N) is 2. The van der Waals surface area contributed by atoms with Crippen LogP contribution in [0.5, 0.6) is 0 Å². The lowest BCUT2D eigenvalue weighted by Gasteiger charge is -2.23. The molecule has 0 aliphatic carbocycles. The van der Waals surface area contributed by atoms with Gasteiger partial charge < -0.3 is 4.74 Å². The van der Waals surface area contributed by atoms with Gasteiger partial charge in [0.05, 0.1) is 13.2 Å². The van der Waals surface area contributed by atoms with Crippen LogP contribution in [-0.4, -0.2) is 35.6 Å². The van der Waals surface area contributed by atoms with Crippen LogP contribution in [0.4, 0.5) is 0 Å². The molecule has 2 heterocycles. The first-order chi connectivity index (χ1) is 6.45. The first kappa shape index (κ1) is 9.79. The Labute approximate surface area is 89.4 Å². The molecule has 3 nitrogen and oxygen atoms in total. The standard InChI is InChI=1S/C7H10N2OS3/c1-6-11-7(8-1)12-13-9-2-4-10-5-3-9/h1,6H,2-5H2. The summed E-state index contributed by atoms with van der Waals surface area (Å²) in [6.45, 7) is 3.74. The van der Waals surface area contributed by atoms with Crippen molar-refractivity contribution in [1.82, 2.24) is 9.29 Å². The number of thiazole rings is 1. The van der Waals surface area contributed by atoms with E-state index in [2.05, 4.69) is 9.29 Å².